The number of piperidine rings is 1. The van der Waals surface area contributed by atoms with Crippen molar-refractivity contribution >= 4 is 33.5 Å². The Morgan fingerprint density at radius 2 is 2.04 bits per heavy atom. The largest absolute Gasteiger partial charge is 0.492 e. The van der Waals surface area contributed by atoms with Crippen molar-refractivity contribution in [1.29, 1.82) is 0 Å². The number of aliphatic carboxylic acids is 1. The monoisotopic (exact) mass is 465 g/mol. The van der Waals surface area contributed by atoms with Crippen LogP contribution >= 0.6 is 27.5 Å². The van der Waals surface area contributed by atoms with Gasteiger partial charge < -0.3 is 14.6 Å². The zero-order valence-corrected chi connectivity index (χ0v) is 17.6. The van der Waals surface area contributed by atoms with Crippen molar-refractivity contribution in [3.63, 3.8) is 0 Å². The highest BCUT2D eigenvalue weighted by Gasteiger charge is 2.43. The van der Waals surface area contributed by atoms with Crippen LogP contribution < -0.4 is 9.47 Å². The molecule has 2 aromatic rings. The maximum atomic E-state index is 10.9. The van der Waals surface area contributed by atoms with Gasteiger partial charge in [0.25, 0.3) is 0 Å². The highest BCUT2D eigenvalue weighted by atomic mass is 79.9. The standard InChI is InChI=1S/C21H21BrClNO4/c22-15-1-4-18(23)14(9-15)12-27-16-2-3-17-19(10-16)28-13-21(17)5-7-24(8-6-21)11-20(25)26/h1-4,9-10H,5-8,11-13H2,(H,25,26). The van der Waals surface area contributed by atoms with Gasteiger partial charge in [0, 0.05) is 32.1 Å². The van der Waals surface area contributed by atoms with Gasteiger partial charge in [0.1, 0.15) is 18.1 Å². The molecule has 4 rings (SSSR count). The minimum absolute atomic E-state index is 0.0174. The first-order valence-electron chi connectivity index (χ1n) is 9.23. The number of nitrogens with zero attached hydrogens (tertiary/aromatic N) is 1. The van der Waals surface area contributed by atoms with E-state index in [4.69, 9.17) is 26.2 Å². The number of fused-ring (bicyclic) bond motifs is 2. The average Bonchev–Trinajstić information content (AvgIpc) is 3.02. The zero-order valence-electron chi connectivity index (χ0n) is 15.3. The second kappa shape index (κ2) is 7.93. The van der Waals surface area contributed by atoms with Gasteiger partial charge in [0.15, 0.2) is 0 Å². The van der Waals surface area contributed by atoms with E-state index in [1.807, 2.05) is 35.2 Å². The van der Waals surface area contributed by atoms with Crippen LogP contribution in [0.1, 0.15) is 24.0 Å². The van der Waals surface area contributed by atoms with Crippen molar-refractivity contribution in [3.05, 3.63) is 57.0 Å². The van der Waals surface area contributed by atoms with Crippen LogP contribution in [-0.2, 0) is 16.8 Å². The summed E-state index contributed by atoms with van der Waals surface area (Å²) in [5.41, 5.74) is 2.10. The predicted molar refractivity (Wildman–Crippen MR) is 110 cm³/mol. The molecule has 0 amide bonds. The molecular weight excluding hydrogens is 446 g/mol. The van der Waals surface area contributed by atoms with E-state index in [2.05, 4.69) is 22.0 Å². The van der Waals surface area contributed by atoms with Gasteiger partial charge in [-0.2, -0.15) is 0 Å². The van der Waals surface area contributed by atoms with Crippen LogP contribution in [0.5, 0.6) is 11.5 Å². The Morgan fingerprint density at radius 1 is 1.25 bits per heavy atom. The SMILES string of the molecule is O=C(O)CN1CCC2(CC1)COc1cc(OCc3cc(Br)ccc3Cl)ccc12. The fourth-order valence-electron chi connectivity index (χ4n) is 4.00. The number of halogens is 2. The summed E-state index contributed by atoms with van der Waals surface area (Å²) in [6, 6.07) is 11.7. The van der Waals surface area contributed by atoms with Crippen molar-refractivity contribution in [2.24, 2.45) is 0 Å². The summed E-state index contributed by atoms with van der Waals surface area (Å²) in [6.45, 7) is 2.68. The maximum Gasteiger partial charge on any atom is 0.317 e. The molecule has 2 heterocycles. The first kappa shape index (κ1) is 19.6. The summed E-state index contributed by atoms with van der Waals surface area (Å²) in [5.74, 6) is 0.839. The Hall–Kier alpha value is -1.76. The average molecular weight is 467 g/mol. The predicted octanol–water partition coefficient (Wildman–Crippen LogP) is 4.49. The number of hydrogen-bond donors (Lipinski definition) is 1. The first-order chi connectivity index (χ1) is 13.4. The molecule has 148 valence electrons. The van der Waals surface area contributed by atoms with E-state index in [0.717, 1.165) is 47.5 Å². The number of rotatable bonds is 5. The zero-order chi connectivity index (χ0) is 19.7. The molecule has 2 aliphatic heterocycles. The Bertz CT molecular complexity index is 896. The van der Waals surface area contributed by atoms with Crippen LogP contribution in [0.3, 0.4) is 0 Å². The van der Waals surface area contributed by atoms with E-state index >= 15 is 0 Å². The van der Waals surface area contributed by atoms with Crippen LogP contribution in [0.15, 0.2) is 40.9 Å². The molecule has 2 aliphatic rings. The second-order valence-electron chi connectivity index (χ2n) is 7.42. The Labute approximate surface area is 177 Å². The lowest BCUT2D eigenvalue weighted by atomic mass is 9.74. The molecule has 0 radical (unpaired) electrons. The smallest absolute Gasteiger partial charge is 0.317 e. The number of carbonyl (C=O) groups is 1. The number of carboxylic acid groups (broad SMARTS) is 1. The van der Waals surface area contributed by atoms with E-state index < -0.39 is 5.97 Å². The summed E-state index contributed by atoms with van der Waals surface area (Å²) >= 11 is 9.68. The van der Waals surface area contributed by atoms with Crippen LogP contribution in [0.25, 0.3) is 0 Å². The van der Waals surface area contributed by atoms with Gasteiger partial charge in [0.2, 0.25) is 0 Å². The normalized spacial score (nSPS) is 17.9. The molecule has 0 bridgehead atoms. The summed E-state index contributed by atoms with van der Waals surface area (Å²) in [5, 5.41) is 9.66. The number of carboxylic acids is 1. The lowest BCUT2D eigenvalue weighted by Crippen LogP contribution is -2.45. The minimum Gasteiger partial charge on any atom is -0.492 e. The summed E-state index contributed by atoms with van der Waals surface area (Å²) in [7, 11) is 0. The number of hydrogen-bond acceptors (Lipinski definition) is 4. The highest BCUT2D eigenvalue weighted by Crippen LogP contribution is 2.46. The van der Waals surface area contributed by atoms with Gasteiger partial charge in [-0.15, -0.1) is 0 Å². The third-order valence-corrected chi connectivity index (χ3v) is 6.46. The van der Waals surface area contributed by atoms with Gasteiger partial charge in [0.05, 0.1) is 13.2 Å². The molecule has 1 N–H and O–H groups in total. The fourth-order valence-corrected chi connectivity index (χ4v) is 4.58. The topological polar surface area (TPSA) is 59.0 Å². The summed E-state index contributed by atoms with van der Waals surface area (Å²) in [4.78, 5) is 12.9. The van der Waals surface area contributed by atoms with E-state index in [0.29, 0.717) is 18.2 Å². The summed E-state index contributed by atoms with van der Waals surface area (Å²) in [6.07, 6.45) is 1.81. The molecule has 0 saturated carbocycles. The Balaban J connectivity index is 1.44. The molecular formula is C21H21BrClNO4. The van der Waals surface area contributed by atoms with Gasteiger partial charge in [-0.3, -0.25) is 9.69 Å². The molecule has 5 nitrogen and oxygen atoms in total. The Morgan fingerprint density at radius 3 is 2.79 bits per heavy atom. The number of likely N-dealkylation sites (tertiary alicyclic amines) is 1. The molecule has 1 fully saturated rings. The van der Waals surface area contributed by atoms with Gasteiger partial charge >= 0.3 is 5.97 Å². The first-order valence-corrected chi connectivity index (χ1v) is 10.4. The van der Waals surface area contributed by atoms with Crippen molar-refractivity contribution in [2.45, 2.75) is 24.9 Å². The number of ether oxygens (including phenoxy) is 2. The molecule has 1 saturated heterocycles. The van der Waals surface area contributed by atoms with Gasteiger partial charge in [-0.25, -0.2) is 0 Å². The van der Waals surface area contributed by atoms with E-state index in [1.165, 1.54) is 5.56 Å². The molecule has 0 atom stereocenters. The lowest BCUT2D eigenvalue weighted by Gasteiger charge is -2.37. The van der Waals surface area contributed by atoms with E-state index in [1.54, 1.807) is 0 Å². The number of benzene rings is 2. The van der Waals surface area contributed by atoms with Crippen LogP contribution in [0.2, 0.25) is 5.02 Å². The maximum absolute atomic E-state index is 10.9. The molecule has 0 aromatic heterocycles. The van der Waals surface area contributed by atoms with Gasteiger partial charge in [-0.1, -0.05) is 33.6 Å². The van der Waals surface area contributed by atoms with Crippen molar-refractivity contribution in [1.82, 2.24) is 4.90 Å². The molecule has 2 aromatic carbocycles. The second-order valence-corrected chi connectivity index (χ2v) is 8.74. The Kier molecular flexibility index (Phi) is 5.54. The molecule has 0 unspecified atom stereocenters. The van der Waals surface area contributed by atoms with Gasteiger partial charge in [-0.05, 0) is 50.2 Å². The van der Waals surface area contributed by atoms with Crippen molar-refractivity contribution in [2.75, 3.05) is 26.2 Å². The quantitative estimate of drug-likeness (QED) is 0.703. The molecule has 7 heteroatoms. The van der Waals surface area contributed by atoms with Crippen LogP contribution in [0.4, 0.5) is 0 Å². The van der Waals surface area contributed by atoms with Crippen LogP contribution in [-0.4, -0.2) is 42.2 Å². The van der Waals surface area contributed by atoms with E-state index in [9.17, 15) is 4.79 Å². The highest BCUT2D eigenvalue weighted by molar-refractivity contribution is 9.10. The molecule has 1 spiro atoms. The molecule has 28 heavy (non-hydrogen) atoms. The third kappa shape index (κ3) is 4.00. The molecule has 0 aliphatic carbocycles. The van der Waals surface area contributed by atoms with Crippen molar-refractivity contribution < 1.29 is 19.4 Å². The fraction of sp³-hybridized carbons (Fsp3) is 0.381. The minimum atomic E-state index is -0.772. The lowest BCUT2D eigenvalue weighted by molar-refractivity contribution is -0.138. The van der Waals surface area contributed by atoms with E-state index in [-0.39, 0.29) is 12.0 Å². The van der Waals surface area contributed by atoms with Crippen molar-refractivity contribution in [3.8, 4) is 11.5 Å². The summed E-state index contributed by atoms with van der Waals surface area (Å²) < 4.78 is 12.9. The third-order valence-electron chi connectivity index (χ3n) is 5.60. The van der Waals surface area contributed by atoms with Crippen LogP contribution in [0, 0.1) is 0 Å².